The number of nitrogens with one attached hydrogen (secondary N) is 2. The minimum Gasteiger partial charge on any atom is -0.477 e. The molecular weight excluding hydrogens is 310 g/mol. The third-order valence-corrected chi connectivity index (χ3v) is 5.43. The second kappa shape index (κ2) is 6.31. The number of β-lactam (4-membered cyclic amide) rings is 1. The van der Waals surface area contributed by atoms with Gasteiger partial charge in [-0.25, -0.2) is 4.79 Å². The number of allylic oxidation sites excluding steroid dienone is 1. The number of hydrogen-bond acceptors (Lipinski definition) is 5. The lowest BCUT2D eigenvalue weighted by atomic mass is 9.82. The van der Waals surface area contributed by atoms with E-state index in [1.807, 2.05) is 14.0 Å². The van der Waals surface area contributed by atoms with Crippen LogP contribution in [0.1, 0.15) is 26.7 Å². The number of aliphatic hydroxyl groups is 1. The molecule has 0 aromatic heterocycles. The van der Waals surface area contributed by atoms with E-state index in [9.17, 15) is 19.8 Å². The number of aliphatic hydroxyl groups excluding tert-OH is 1. The Hall–Kier alpha value is -1.70. The van der Waals surface area contributed by atoms with E-state index in [0.29, 0.717) is 18.0 Å². The van der Waals surface area contributed by atoms with Gasteiger partial charge in [0.25, 0.3) is 0 Å². The number of amides is 1. The highest BCUT2D eigenvalue weighted by Gasteiger charge is 2.56. The van der Waals surface area contributed by atoms with Crippen molar-refractivity contribution in [3.63, 3.8) is 0 Å². The predicted molar refractivity (Wildman–Crippen MR) is 88.1 cm³/mol. The molecule has 3 aliphatic rings. The zero-order valence-electron chi connectivity index (χ0n) is 14.2. The van der Waals surface area contributed by atoms with Crippen LogP contribution in [0.15, 0.2) is 22.9 Å². The van der Waals surface area contributed by atoms with Gasteiger partial charge in [0.05, 0.1) is 18.1 Å². The van der Waals surface area contributed by atoms with Crippen LogP contribution in [0.5, 0.6) is 0 Å². The highest BCUT2D eigenvalue weighted by Crippen LogP contribution is 2.45. The van der Waals surface area contributed by atoms with E-state index in [-0.39, 0.29) is 23.7 Å². The van der Waals surface area contributed by atoms with Gasteiger partial charge in [0.15, 0.2) is 0 Å². The Bertz CT molecular complexity index is 625. The number of aliphatic carboxylic acids is 1. The minimum absolute atomic E-state index is 0.0822. The second-order valence-corrected chi connectivity index (χ2v) is 6.96. The first-order valence-electron chi connectivity index (χ1n) is 8.42. The maximum Gasteiger partial charge on any atom is 0.352 e. The van der Waals surface area contributed by atoms with E-state index >= 15 is 0 Å². The molecule has 3 rings (SSSR count). The molecule has 5 atom stereocenters. The largest absolute Gasteiger partial charge is 0.477 e. The van der Waals surface area contributed by atoms with Gasteiger partial charge in [-0.05, 0) is 44.9 Å². The normalized spacial score (nSPS) is 34.4. The zero-order valence-corrected chi connectivity index (χ0v) is 14.2. The predicted octanol–water partition coefficient (Wildman–Crippen LogP) is -0.167. The molecule has 0 saturated carbocycles. The average Bonchev–Trinajstić information content (AvgIpc) is 3.08. The molecule has 3 aliphatic heterocycles. The lowest BCUT2D eigenvalue weighted by Crippen LogP contribution is -2.61. The quantitative estimate of drug-likeness (QED) is 0.521. The Kier molecular flexibility index (Phi) is 4.50. The molecule has 7 nitrogen and oxygen atoms in total. The lowest BCUT2D eigenvalue weighted by molar-refractivity contribution is -0.161. The van der Waals surface area contributed by atoms with Crippen molar-refractivity contribution < 1.29 is 19.8 Å². The summed E-state index contributed by atoms with van der Waals surface area (Å²) in [5.41, 5.74) is 1.69. The number of carbonyl (C=O) groups excluding carboxylic acids is 1. The van der Waals surface area contributed by atoms with Crippen LogP contribution in [-0.2, 0) is 9.59 Å². The van der Waals surface area contributed by atoms with Gasteiger partial charge in [0.2, 0.25) is 5.91 Å². The fraction of sp³-hybridized carbons (Fsp3) is 0.647. The van der Waals surface area contributed by atoms with Gasteiger partial charge < -0.3 is 25.7 Å². The van der Waals surface area contributed by atoms with Gasteiger partial charge in [-0.15, -0.1) is 0 Å². The van der Waals surface area contributed by atoms with E-state index in [0.717, 1.165) is 18.5 Å². The summed E-state index contributed by atoms with van der Waals surface area (Å²) >= 11 is 0. The number of carboxylic acids is 1. The second-order valence-electron chi connectivity index (χ2n) is 6.96. The van der Waals surface area contributed by atoms with Crippen LogP contribution in [0, 0.1) is 5.92 Å². The topological polar surface area (TPSA) is 102 Å². The van der Waals surface area contributed by atoms with Crippen LogP contribution >= 0.6 is 0 Å². The molecule has 1 amide bonds. The maximum atomic E-state index is 12.2. The SMILES string of the molecule is CN[C@@H]1CN[C@H](C=C(C)C2=C(C(=O)O)N3C(=O)[C@H]([C@@H](C)O)[C@H]3C2)C1. The third-order valence-electron chi connectivity index (χ3n) is 5.43. The molecule has 2 saturated heterocycles. The number of rotatable bonds is 5. The van der Waals surface area contributed by atoms with Gasteiger partial charge in [-0.3, -0.25) is 4.79 Å². The van der Waals surface area contributed by atoms with E-state index in [2.05, 4.69) is 16.7 Å². The van der Waals surface area contributed by atoms with Crippen molar-refractivity contribution in [2.45, 2.75) is 50.9 Å². The number of carboxylic acid groups (broad SMARTS) is 1. The molecule has 24 heavy (non-hydrogen) atoms. The van der Waals surface area contributed by atoms with Crippen LogP contribution in [-0.4, -0.2) is 64.8 Å². The van der Waals surface area contributed by atoms with E-state index in [1.165, 1.54) is 4.90 Å². The summed E-state index contributed by atoms with van der Waals surface area (Å²) in [6.45, 7) is 4.37. The van der Waals surface area contributed by atoms with Gasteiger partial charge in [-0.2, -0.15) is 0 Å². The molecule has 2 fully saturated rings. The van der Waals surface area contributed by atoms with E-state index in [4.69, 9.17) is 0 Å². The summed E-state index contributed by atoms with van der Waals surface area (Å²) in [5.74, 6) is -1.86. The van der Waals surface area contributed by atoms with Crippen molar-refractivity contribution in [3.8, 4) is 0 Å². The number of fused-ring (bicyclic) bond motifs is 1. The average molecular weight is 335 g/mol. The molecular formula is C17H25N3O4. The van der Waals surface area contributed by atoms with Crippen molar-refractivity contribution in [2.24, 2.45) is 5.92 Å². The molecule has 0 spiro atoms. The molecule has 0 aromatic carbocycles. The van der Waals surface area contributed by atoms with Gasteiger partial charge in [0, 0.05) is 18.6 Å². The summed E-state index contributed by atoms with van der Waals surface area (Å²) < 4.78 is 0. The molecule has 0 aliphatic carbocycles. The first-order chi connectivity index (χ1) is 11.3. The molecule has 0 bridgehead atoms. The summed E-state index contributed by atoms with van der Waals surface area (Å²) in [5, 5.41) is 26.0. The lowest BCUT2D eigenvalue weighted by Gasteiger charge is -2.44. The molecule has 0 radical (unpaired) electrons. The highest BCUT2D eigenvalue weighted by molar-refractivity contribution is 6.00. The maximum absolute atomic E-state index is 12.2. The third kappa shape index (κ3) is 2.66. The van der Waals surface area contributed by atoms with E-state index in [1.54, 1.807) is 6.92 Å². The number of nitrogens with zero attached hydrogens (tertiary/aromatic N) is 1. The Morgan fingerprint density at radius 1 is 1.50 bits per heavy atom. The Morgan fingerprint density at radius 2 is 2.21 bits per heavy atom. The minimum atomic E-state index is -1.08. The molecule has 0 unspecified atom stereocenters. The van der Waals surface area contributed by atoms with Crippen LogP contribution < -0.4 is 10.6 Å². The number of carbonyl (C=O) groups is 2. The van der Waals surface area contributed by atoms with Gasteiger partial charge >= 0.3 is 5.97 Å². The van der Waals surface area contributed by atoms with Crippen LogP contribution in [0.3, 0.4) is 0 Å². The summed E-state index contributed by atoms with van der Waals surface area (Å²) in [7, 11) is 1.93. The van der Waals surface area contributed by atoms with Gasteiger partial charge in [-0.1, -0.05) is 6.08 Å². The summed E-state index contributed by atoms with van der Waals surface area (Å²) in [6, 6.07) is 0.377. The van der Waals surface area contributed by atoms with Gasteiger partial charge in [0.1, 0.15) is 5.70 Å². The highest BCUT2D eigenvalue weighted by atomic mass is 16.4. The summed E-state index contributed by atoms with van der Waals surface area (Å²) in [6.07, 6.45) is 2.74. The van der Waals surface area contributed by atoms with Crippen molar-refractivity contribution in [1.29, 1.82) is 0 Å². The standard InChI is InChI=1S/C17H25N3O4/c1-8(4-10-5-11(18-3)7-19-10)12-6-13-14(9(2)21)16(22)20(13)15(12)17(23)24/h4,9-11,13-14,18-19,21H,5-7H2,1-3H3,(H,23,24)/t9-,10-,11+,13-,14-/m1/s1. The molecule has 132 valence electrons. The summed E-state index contributed by atoms with van der Waals surface area (Å²) in [4.78, 5) is 25.3. The van der Waals surface area contributed by atoms with Crippen molar-refractivity contribution >= 4 is 11.9 Å². The Balaban J connectivity index is 1.84. The van der Waals surface area contributed by atoms with Crippen LogP contribution in [0.25, 0.3) is 0 Å². The van der Waals surface area contributed by atoms with Crippen molar-refractivity contribution in [3.05, 3.63) is 22.9 Å². The van der Waals surface area contributed by atoms with Crippen LogP contribution in [0.2, 0.25) is 0 Å². The first kappa shape index (κ1) is 17.1. The first-order valence-corrected chi connectivity index (χ1v) is 8.42. The Morgan fingerprint density at radius 3 is 2.75 bits per heavy atom. The fourth-order valence-corrected chi connectivity index (χ4v) is 4.14. The molecule has 3 heterocycles. The van der Waals surface area contributed by atoms with E-state index < -0.39 is 18.0 Å². The number of hydrogen-bond donors (Lipinski definition) is 4. The molecule has 7 heteroatoms. The monoisotopic (exact) mass is 335 g/mol. The number of likely N-dealkylation sites (N-methyl/N-ethyl adjacent to an activating group) is 1. The van der Waals surface area contributed by atoms with Crippen molar-refractivity contribution in [2.75, 3.05) is 13.6 Å². The fourth-order valence-electron chi connectivity index (χ4n) is 4.14. The zero-order chi connectivity index (χ0) is 17.6. The van der Waals surface area contributed by atoms with Crippen molar-refractivity contribution in [1.82, 2.24) is 15.5 Å². The molecule has 0 aromatic rings. The Labute approximate surface area is 141 Å². The van der Waals surface area contributed by atoms with Crippen LogP contribution in [0.4, 0.5) is 0 Å². The smallest absolute Gasteiger partial charge is 0.352 e. The molecule has 4 N–H and O–H groups in total.